The van der Waals surface area contributed by atoms with Crippen LogP contribution >= 0.6 is 0 Å². The number of amides is 1. The highest BCUT2D eigenvalue weighted by Crippen LogP contribution is 2.42. The molecule has 3 nitrogen and oxygen atoms in total. The number of hydrogen-bond donors (Lipinski definition) is 1. The molecule has 120 valence electrons. The van der Waals surface area contributed by atoms with Gasteiger partial charge < -0.3 is 10.1 Å². The number of ether oxygens (including phenoxy) is 1. The molecule has 0 radical (unpaired) electrons. The molecule has 0 aliphatic heterocycles. The summed E-state index contributed by atoms with van der Waals surface area (Å²) in [5, 5.41) is 3.42. The van der Waals surface area contributed by atoms with E-state index in [1.54, 1.807) is 7.11 Å². The van der Waals surface area contributed by atoms with Crippen molar-refractivity contribution in [2.45, 2.75) is 76.9 Å². The average molecular weight is 293 g/mol. The summed E-state index contributed by atoms with van der Waals surface area (Å²) < 4.78 is 5.50. The minimum absolute atomic E-state index is 0.217. The molecule has 3 rings (SSSR count). The van der Waals surface area contributed by atoms with Crippen LogP contribution in [0.15, 0.2) is 0 Å². The Morgan fingerprint density at radius 3 is 2.62 bits per heavy atom. The number of rotatable bonds is 3. The van der Waals surface area contributed by atoms with Crippen LogP contribution in [0.25, 0.3) is 0 Å². The molecule has 1 amide bonds. The molecule has 3 saturated carbocycles. The summed E-state index contributed by atoms with van der Waals surface area (Å²) in [5.41, 5.74) is 0. The van der Waals surface area contributed by atoms with Crippen molar-refractivity contribution in [2.24, 2.45) is 23.7 Å². The van der Waals surface area contributed by atoms with Gasteiger partial charge in [-0.1, -0.05) is 26.2 Å². The fraction of sp³-hybridized carbons (Fsp3) is 0.944. The molecule has 3 fully saturated rings. The van der Waals surface area contributed by atoms with Crippen molar-refractivity contribution in [3.63, 3.8) is 0 Å². The molecule has 3 heteroatoms. The highest BCUT2D eigenvalue weighted by Gasteiger charge is 2.39. The fourth-order valence-electron chi connectivity index (χ4n) is 5.17. The van der Waals surface area contributed by atoms with Gasteiger partial charge in [0.1, 0.15) is 0 Å². The van der Waals surface area contributed by atoms with E-state index >= 15 is 0 Å². The fourth-order valence-corrected chi connectivity index (χ4v) is 5.17. The normalized spacial score (nSPS) is 43.3. The lowest BCUT2D eigenvalue weighted by atomic mass is 9.78. The Morgan fingerprint density at radius 2 is 1.86 bits per heavy atom. The Morgan fingerprint density at radius 1 is 1.05 bits per heavy atom. The second kappa shape index (κ2) is 6.68. The highest BCUT2D eigenvalue weighted by atomic mass is 16.5. The third-order valence-corrected chi connectivity index (χ3v) is 6.42. The Labute approximate surface area is 129 Å². The minimum Gasteiger partial charge on any atom is -0.381 e. The van der Waals surface area contributed by atoms with Crippen molar-refractivity contribution >= 4 is 5.91 Å². The van der Waals surface area contributed by atoms with E-state index in [1.807, 2.05) is 0 Å². The van der Waals surface area contributed by atoms with E-state index in [-0.39, 0.29) is 5.92 Å². The zero-order valence-electron chi connectivity index (χ0n) is 13.6. The van der Waals surface area contributed by atoms with Crippen LogP contribution in [-0.2, 0) is 9.53 Å². The molecule has 0 saturated heterocycles. The summed E-state index contributed by atoms with van der Waals surface area (Å²) in [7, 11) is 1.79. The molecule has 0 bridgehead atoms. The van der Waals surface area contributed by atoms with Gasteiger partial charge in [-0.15, -0.1) is 0 Å². The first-order chi connectivity index (χ1) is 10.2. The largest absolute Gasteiger partial charge is 0.381 e. The van der Waals surface area contributed by atoms with Crippen molar-refractivity contribution in [3.05, 3.63) is 0 Å². The number of carbonyl (C=O) groups excluding carboxylic acids is 1. The number of methoxy groups -OCH3 is 1. The standard InChI is InChI=1S/C18H31NO2/c1-12-11-14(8-10-17(12)21-2)18(20)19-16-9-7-13-5-3-4-6-15(13)16/h12-17H,3-11H2,1-2H3,(H,19,20). The van der Waals surface area contributed by atoms with Gasteiger partial charge in [-0.05, 0) is 56.3 Å². The predicted molar refractivity (Wildman–Crippen MR) is 83.9 cm³/mol. The summed E-state index contributed by atoms with van der Waals surface area (Å²) >= 11 is 0. The first-order valence-corrected chi connectivity index (χ1v) is 9.02. The van der Waals surface area contributed by atoms with Gasteiger partial charge in [-0.2, -0.15) is 0 Å². The van der Waals surface area contributed by atoms with Gasteiger partial charge in [0, 0.05) is 19.1 Å². The first-order valence-electron chi connectivity index (χ1n) is 9.02. The van der Waals surface area contributed by atoms with Crippen LogP contribution in [0.3, 0.4) is 0 Å². The molecule has 0 heterocycles. The van der Waals surface area contributed by atoms with Gasteiger partial charge in [0.05, 0.1) is 6.10 Å². The Bertz CT molecular complexity index is 370. The van der Waals surface area contributed by atoms with Crippen molar-refractivity contribution in [1.29, 1.82) is 0 Å². The first kappa shape index (κ1) is 15.3. The molecule has 3 aliphatic carbocycles. The minimum atomic E-state index is 0.217. The summed E-state index contributed by atoms with van der Waals surface area (Å²) in [6, 6.07) is 0.471. The Hall–Kier alpha value is -0.570. The molecule has 0 spiro atoms. The number of fused-ring (bicyclic) bond motifs is 1. The lowest BCUT2D eigenvalue weighted by molar-refractivity contribution is -0.129. The van der Waals surface area contributed by atoms with Crippen molar-refractivity contribution in [3.8, 4) is 0 Å². The van der Waals surface area contributed by atoms with Crippen LogP contribution in [0.5, 0.6) is 0 Å². The van der Waals surface area contributed by atoms with Gasteiger partial charge in [0.25, 0.3) is 0 Å². The van der Waals surface area contributed by atoms with E-state index in [9.17, 15) is 4.79 Å². The summed E-state index contributed by atoms with van der Waals surface area (Å²) in [6.45, 7) is 2.22. The van der Waals surface area contributed by atoms with Gasteiger partial charge >= 0.3 is 0 Å². The molecular weight excluding hydrogens is 262 g/mol. The molecular formula is C18H31NO2. The van der Waals surface area contributed by atoms with Gasteiger partial charge in [0.2, 0.25) is 5.91 Å². The molecule has 6 atom stereocenters. The van der Waals surface area contributed by atoms with Crippen molar-refractivity contribution < 1.29 is 9.53 Å². The van der Waals surface area contributed by atoms with Crippen LogP contribution in [0.4, 0.5) is 0 Å². The molecule has 21 heavy (non-hydrogen) atoms. The van der Waals surface area contributed by atoms with Gasteiger partial charge in [-0.3, -0.25) is 4.79 Å². The zero-order chi connectivity index (χ0) is 14.8. The highest BCUT2D eigenvalue weighted by molar-refractivity contribution is 5.79. The maximum Gasteiger partial charge on any atom is 0.223 e. The van der Waals surface area contributed by atoms with Crippen LogP contribution in [0.2, 0.25) is 0 Å². The number of carbonyl (C=O) groups is 1. The van der Waals surface area contributed by atoms with Crippen molar-refractivity contribution in [2.75, 3.05) is 7.11 Å². The zero-order valence-corrected chi connectivity index (χ0v) is 13.6. The van der Waals surface area contributed by atoms with Crippen LogP contribution < -0.4 is 5.32 Å². The van der Waals surface area contributed by atoms with Gasteiger partial charge in [-0.25, -0.2) is 0 Å². The van der Waals surface area contributed by atoms with Crippen LogP contribution in [0.1, 0.15) is 64.7 Å². The van der Waals surface area contributed by atoms with E-state index in [4.69, 9.17) is 4.74 Å². The third-order valence-electron chi connectivity index (χ3n) is 6.42. The van der Waals surface area contributed by atoms with E-state index in [0.29, 0.717) is 24.0 Å². The van der Waals surface area contributed by atoms with Crippen LogP contribution in [-0.4, -0.2) is 25.2 Å². The molecule has 0 aromatic heterocycles. The lowest BCUT2D eigenvalue weighted by Gasteiger charge is -2.34. The predicted octanol–water partition coefficient (Wildman–Crippen LogP) is 3.52. The number of nitrogens with one attached hydrogen (secondary N) is 1. The maximum absolute atomic E-state index is 12.6. The SMILES string of the molecule is COC1CCC(C(=O)NC2CCC3CCCCC32)CC1C. The quantitative estimate of drug-likeness (QED) is 0.864. The van der Waals surface area contributed by atoms with E-state index in [0.717, 1.165) is 31.1 Å². The second-order valence-corrected chi connectivity index (χ2v) is 7.66. The molecule has 1 N–H and O–H groups in total. The summed E-state index contributed by atoms with van der Waals surface area (Å²) in [6.07, 6.45) is 11.4. The smallest absolute Gasteiger partial charge is 0.223 e. The van der Waals surface area contributed by atoms with Gasteiger partial charge in [0.15, 0.2) is 0 Å². The Balaban J connectivity index is 1.52. The van der Waals surface area contributed by atoms with E-state index < -0.39 is 0 Å². The molecule has 3 aliphatic rings. The summed E-state index contributed by atoms with van der Waals surface area (Å²) in [4.78, 5) is 12.6. The maximum atomic E-state index is 12.6. The monoisotopic (exact) mass is 293 g/mol. The lowest BCUT2D eigenvalue weighted by Crippen LogP contribution is -2.44. The number of hydrogen-bond acceptors (Lipinski definition) is 2. The average Bonchev–Trinajstić information content (AvgIpc) is 2.90. The molecule has 0 aromatic rings. The second-order valence-electron chi connectivity index (χ2n) is 7.66. The van der Waals surface area contributed by atoms with Crippen LogP contribution in [0, 0.1) is 23.7 Å². The van der Waals surface area contributed by atoms with E-state index in [1.165, 1.54) is 38.5 Å². The summed E-state index contributed by atoms with van der Waals surface area (Å²) in [5.74, 6) is 2.72. The van der Waals surface area contributed by atoms with Crippen molar-refractivity contribution in [1.82, 2.24) is 5.32 Å². The molecule has 6 unspecified atom stereocenters. The Kier molecular flexibility index (Phi) is 4.88. The topological polar surface area (TPSA) is 38.3 Å². The van der Waals surface area contributed by atoms with E-state index in [2.05, 4.69) is 12.2 Å². The third kappa shape index (κ3) is 3.28. The molecule has 0 aromatic carbocycles.